The van der Waals surface area contributed by atoms with Crippen LogP contribution < -0.4 is 10.1 Å². The fraction of sp³-hybridized carbons (Fsp3) is 0.417. The smallest absolute Gasteiger partial charge is 0.261 e. The lowest BCUT2D eigenvalue weighted by atomic mass is 10.1. The molecule has 0 saturated heterocycles. The van der Waals surface area contributed by atoms with Gasteiger partial charge in [-0.2, -0.15) is 0 Å². The maximum atomic E-state index is 13.3. The van der Waals surface area contributed by atoms with Gasteiger partial charge in [0.2, 0.25) is 5.91 Å². The first-order valence-corrected chi connectivity index (χ1v) is 10.3. The lowest BCUT2D eigenvalue weighted by molar-refractivity contribution is -0.142. The van der Waals surface area contributed by atoms with E-state index >= 15 is 0 Å². The lowest BCUT2D eigenvalue weighted by Gasteiger charge is -2.29. The Bertz CT molecular complexity index is 852. The van der Waals surface area contributed by atoms with Gasteiger partial charge in [0.05, 0.1) is 0 Å². The van der Waals surface area contributed by atoms with Crippen molar-refractivity contribution in [3.63, 3.8) is 0 Å². The second-order valence-corrected chi connectivity index (χ2v) is 7.53. The molecule has 0 saturated carbocycles. The molecule has 0 heterocycles. The minimum atomic E-state index is -0.679. The number of hydrogen-bond acceptors (Lipinski definition) is 3. The number of carbonyl (C=O) groups excluding carboxylic acids is 2. The molecule has 0 aliphatic rings. The average molecular weight is 415 g/mol. The molecule has 2 rings (SSSR count). The number of nitrogens with zero attached hydrogens (tertiary/aromatic N) is 1. The van der Waals surface area contributed by atoms with E-state index in [4.69, 9.17) is 4.74 Å². The molecule has 2 aromatic rings. The zero-order valence-corrected chi connectivity index (χ0v) is 18.2. The van der Waals surface area contributed by atoms with Crippen LogP contribution in [0.25, 0.3) is 0 Å². The number of nitrogens with one attached hydrogen (secondary N) is 1. The second kappa shape index (κ2) is 11.3. The number of amides is 2. The molecule has 0 aliphatic heterocycles. The van der Waals surface area contributed by atoms with Crippen LogP contribution in [0.5, 0.6) is 5.75 Å². The van der Waals surface area contributed by atoms with Crippen LogP contribution in [-0.2, 0) is 16.1 Å². The van der Waals surface area contributed by atoms with Crippen molar-refractivity contribution < 1.29 is 18.7 Å². The van der Waals surface area contributed by atoms with Crippen LogP contribution in [0.3, 0.4) is 0 Å². The topological polar surface area (TPSA) is 58.6 Å². The third kappa shape index (κ3) is 6.87. The Morgan fingerprint density at radius 2 is 1.83 bits per heavy atom. The highest BCUT2D eigenvalue weighted by Gasteiger charge is 2.26. The number of benzene rings is 2. The molecule has 162 valence electrons. The summed E-state index contributed by atoms with van der Waals surface area (Å²) >= 11 is 0. The molecule has 2 aromatic carbocycles. The number of carbonyl (C=O) groups is 2. The van der Waals surface area contributed by atoms with Crippen LogP contribution in [0.2, 0.25) is 0 Å². The van der Waals surface area contributed by atoms with Crippen molar-refractivity contribution in [1.29, 1.82) is 0 Å². The molecule has 0 radical (unpaired) electrons. The zero-order chi connectivity index (χ0) is 22.1. The highest BCUT2D eigenvalue weighted by atomic mass is 19.1. The van der Waals surface area contributed by atoms with Gasteiger partial charge in [0, 0.05) is 13.1 Å². The fourth-order valence-electron chi connectivity index (χ4n) is 3.09. The zero-order valence-electron chi connectivity index (χ0n) is 18.2. The predicted molar refractivity (Wildman–Crippen MR) is 116 cm³/mol. The second-order valence-electron chi connectivity index (χ2n) is 7.53. The summed E-state index contributed by atoms with van der Waals surface area (Å²) in [6.07, 6.45) is 1.84. The Balaban J connectivity index is 2.12. The molecule has 0 aliphatic carbocycles. The SMILES string of the molecule is CCCCNC(=O)[C@@H](C)N(Cc1ccc(F)cc1)C(=O)COc1ccc(C)cc1C. The van der Waals surface area contributed by atoms with E-state index in [0.29, 0.717) is 12.3 Å². The third-order valence-electron chi connectivity index (χ3n) is 4.94. The van der Waals surface area contributed by atoms with Gasteiger partial charge in [0.15, 0.2) is 6.61 Å². The van der Waals surface area contributed by atoms with Gasteiger partial charge in [0.25, 0.3) is 5.91 Å². The summed E-state index contributed by atoms with van der Waals surface area (Å²) in [6.45, 7) is 8.23. The van der Waals surface area contributed by atoms with Crippen LogP contribution >= 0.6 is 0 Å². The molecule has 5 nitrogen and oxygen atoms in total. The number of aryl methyl sites for hydroxylation is 2. The third-order valence-corrected chi connectivity index (χ3v) is 4.94. The molecule has 6 heteroatoms. The lowest BCUT2D eigenvalue weighted by Crippen LogP contribution is -2.49. The number of rotatable bonds is 10. The van der Waals surface area contributed by atoms with Crippen molar-refractivity contribution in [2.45, 2.75) is 53.1 Å². The van der Waals surface area contributed by atoms with Crippen LogP contribution in [0, 0.1) is 19.7 Å². The maximum absolute atomic E-state index is 13.3. The van der Waals surface area contributed by atoms with Gasteiger partial charge in [-0.05, 0) is 56.5 Å². The largest absolute Gasteiger partial charge is 0.483 e. The van der Waals surface area contributed by atoms with Crippen molar-refractivity contribution in [1.82, 2.24) is 10.2 Å². The first-order chi connectivity index (χ1) is 14.3. The molecule has 0 fully saturated rings. The molecular weight excluding hydrogens is 383 g/mol. The minimum absolute atomic E-state index is 0.183. The van der Waals surface area contributed by atoms with Crippen molar-refractivity contribution in [3.8, 4) is 5.75 Å². The summed E-state index contributed by atoms with van der Waals surface area (Å²) in [5.74, 6) is -0.237. The quantitative estimate of drug-likeness (QED) is 0.594. The molecule has 30 heavy (non-hydrogen) atoms. The van der Waals surface area contributed by atoms with E-state index in [1.807, 2.05) is 39.0 Å². The summed E-state index contributed by atoms with van der Waals surface area (Å²) in [5, 5.41) is 2.87. The molecule has 1 atom stereocenters. The highest BCUT2D eigenvalue weighted by molar-refractivity contribution is 5.87. The molecule has 2 amide bonds. The molecular formula is C24H31FN2O3. The van der Waals surface area contributed by atoms with E-state index in [-0.39, 0.29) is 30.8 Å². The molecule has 0 spiro atoms. The Kier molecular flexibility index (Phi) is 8.84. The summed E-state index contributed by atoms with van der Waals surface area (Å²) in [4.78, 5) is 27.0. The molecule has 0 aromatic heterocycles. The first kappa shape index (κ1) is 23.4. The molecule has 1 N–H and O–H groups in total. The summed E-state index contributed by atoms with van der Waals surface area (Å²) in [5.41, 5.74) is 2.80. The average Bonchev–Trinajstić information content (AvgIpc) is 2.72. The Morgan fingerprint density at radius 1 is 1.13 bits per heavy atom. The van der Waals surface area contributed by atoms with E-state index in [1.165, 1.54) is 17.0 Å². The number of halogens is 1. The summed E-state index contributed by atoms with van der Waals surface area (Å²) in [7, 11) is 0. The fourth-order valence-corrected chi connectivity index (χ4v) is 3.09. The van der Waals surface area contributed by atoms with E-state index in [2.05, 4.69) is 5.32 Å². The van der Waals surface area contributed by atoms with Gasteiger partial charge in [0.1, 0.15) is 17.6 Å². The first-order valence-electron chi connectivity index (χ1n) is 10.3. The van der Waals surface area contributed by atoms with Crippen molar-refractivity contribution in [2.75, 3.05) is 13.2 Å². The van der Waals surface area contributed by atoms with Crippen molar-refractivity contribution in [2.24, 2.45) is 0 Å². The monoisotopic (exact) mass is 414 g/mol. The van der Waals surface area contributed by atoms with E-state index in [0.717, 1.165) is 29.5 Å². The maximum Gasteiger partial charge on any atom is 0.261 e. The van der Waals surface area contributed by atoms with Crippen LogP contribution in [-0.4, -0.2) is 35.9 Å². The van der Waals surface area contributed by atoms with E-state index < -0.39 is 6.04 Å². The number of ether oxygens (including phenoxy) is 1. The Hall–Kier alpha value is -2.89. The van der Waals surface area contributed by atoms with Gasteiger partial charge >= 0.3 is 0 Å². The van der Waals surface area contributed by atoms with Crippen LogP contribution in [0.4, 0.5) is 4.39 Å². The van der Waals surface area contributed by atoms with E-state index in [9.17, 15) is 14.0 Å². The standard InChI is InChI=1S/C24H31FN2O3/c1-5-6-13-26-24(29)19(4)27(15-20-8-10-21(25)11-9-20)23(28)16-30-22-12-7-17(2)14-18(22)3/h7-12,14,19H,5-6,13,15-16H2,1-4H3,(H,26,29)/t19-/m1/s1. The normalized spacial score (nSPS) is 11.6. The van der Waals surface area contributed by atoms with Crippen molar-refractivity contribution >= 4 is 11.8 Å². The number of hydrogen-bond donors (Lipinski definition) is 1. The summed E-state index contributed by atoms with van der Waals surface area (Å²) in [6, 6.07) is 11.0. The van der Waals surface area contributed by atoms with Gasteiger partial charge in [-0.15, -0.1) is 0 Å². The summed E-state index contributed by atoms with van der Waals surface area (Å²) < 4.78 is 19.0. The van der Waals surface area contributed by atoms with Crippen LogP contribution in [0.1, 0.15) is 43.4 Å². The van der Waals surface area contributed by atoms with Gasteiger partial charge < -0.3 is 15.0 Å². The predicted octanol–water partition coefficient (Wildman–Crippen LogP) is 4.15. The van der Waals surface area contributed by atoms with Gasteiger partial charge in [-0.1, -0.05) is 43.2 Å². The van der Waals surface area contributed by atoms with Crippen LogP contribution in [0.15, 0.2) is 42.5 Å². The molecule has 0 bridgehead atoms. The van der Waals surface area contributed by atoms with E-state index in [1.54, 1.807) is 19.1 Å². The van der Waals surface area contributed by atoms with Gasteiger partial charge in [-0.3, -0.25) is 9.59 Å². The molecule has 0 unspecified atom stereocenters. The van der Waals surface area contributed by atoms with Crippen molar-refractivity contribution in [3.05, 3.63) is 65.0 Å². The Morgan fingerprint density at radius 3 is 2.47 bits per heavy atom. The Labute approximate surface area is 178 Å². The highest BCUT2D eigenvalue weighted by Crippen LogP contribution is 2.19. The van der Waals surface area contributed by atoms with Gasteiger partial charge in [-0.25, -0.2) is 4.39 Å². The minimum Gasteiger partial charge on any atom is -0.483 e. The number of unbranched alkanes of at least 4 members (excludes halogenated alkanes) is 1.